The van der Waals surface area contributed by atoms with E-state index in [1.165, 1.54) is 0 Å². The Bertz CT molecular complexity index is 607. The molecule has 0 bridgehead atoms. The molecule has 0 N–H and O–H groups in total. The quantitative estimate of drug-likeness (QED) is 0.327. The summed E-state index contributed by atoms with van der Waals surface area (Å²) in [6, 6.07) is 0. The Morgan fingerprint density at radius 3 is 1.28 bits per heavy atom. The Morgan fingerprint density at radius 1 is 0.655 bits per heavy atom. The van der Waals surface area contributed by atoms with Crippen molar-refractivity contribution in [3.8, 4) is 0 Å². The molecule has 3 rings (SSSR count). The molecule has 3 heterocycles. The summed E-state index contributed by atoms with van der Waals surface area (Å²) in [5.41, 5.74) is 0. The standard InChI is InChI=1S/C18H27O4PS6/c1-13-16(10-24-4-7-27-13)20-23(19,21-17-11-25-5-8-28-14(17)2)22-18-12-26-6-9-29-15(18)3/h10-15H,4-9H2,1-3H3. The third-order valence-electron chi connectivity index (χ3n) is 4.16. The first-order valence-corrected chi connectivity index (χ1v) is 17.2. The van der Waals surface area contributed by atoms with E-state index in [1.54, 1.807) is 70.6 Å². The lowest BCUT2D eigenvalue weighted by molar-refractivity contribution is 0.188. The van der Waals surface area contributed by atoms with Crippen LogP contribution >= 0.6 is 78.4 Å². The van der Waals surface area contributed by atoms with Crippen LogP contribution in [0.4, 0.5) is 0 Å². The first-order valence-electron chi connectivity index (χ1n) is 9.45. The van der Waals surface area contributed by atoms with Crippen molar-refractivity contribution in [1.82, 2.24) is 0 Å². The Kier molecular flexibility index (Phi) is 10.4. The molecule has 3 unspecified atom stereocenters. The molecule has 0 spiro atoms. The molecule has 0 saturated carbocycles. The SMILES string of the molecule is CC1SCCSC=C1OP(=O)(OC1=CSCCSC1C)OC1=CSCCSC1C. The van der Waals surface area contributed by atoms with Gasteiger partial charge in [0.15, 0.2) is 0 Å². The van der Waals surface area contributed by atoms with Crippen LogP contribution in [0.2, 0.25) is 0 Å². The number of phosphoric acid groups is 1. The molecule has 4 nitrogen and oxygen atoms in total. The van der Waals surface area contributed by atoms with Gasteiger partial charge in [-0.1, -0.05) is 0 Å². The zero-order valence-electron chi connectivity index (χ0n) is 16.7. The van der Waals surface area contributed by atoms with Gasteiger partial charge in [0.2, 0.25) is 0 Å². The van der Waals surface area contributed by atoms with Crippen molar-refractivity contribution in [1.29, 1.82) is 0 Å². The number of phosphoric ester groups is 1. The molecule has 29 heavy (non-hydrogen) atoms. The second-order valence-corrected chi connectivity index (χ2v) is 15.2. The van der Waals surface area contributed by atoms with E-state index in [0.717, 1.165) is 34.5 Å². The van der Waals surface area contributed by atoms with Crippen molar-refractivity contribution in [2.45, 2.75) is 36.5 Å². The Labute approximate surface area is 199 Å². The van der Waals surface area contributed by atoms with Crippen LogP contribution in [0.15, 0.2) is 33.5 Å². The second-order valence-electron chi connectivity index (χ2n) is 6.43. The number of rotatable bonds is 6. The van der Waals surface area contributed by atoms with Crippen LogP contribution in [0.25, 0.3) is 0 Å². The maximum absolute atomic E-state index is 13.9. The highest BCUT2D eigenvalue weighted by atomic mass is 32.2. The predicted octanol–water partition coefficient (Wildman–Crippen LogP) is 7.27. The number of hydrogen-bond donors (Lipinski definition) is 0. The Morgan fingerprint density at radius 2 is 0.966 bits per heavy atom. The van der Waals surface area contributed by atoms with Gasteiger partial charge in [-0.2, -0.15) is 4.57 Å². The fourth-order valence-corrected chi connectivity index (χ4v) is 10.5. The molecular weight excluding hydrogens is 504 g/mol. The Hall–Kier alpha value is 0.950. The van der Waals surface area contributed by atoms with Crippen molar-refractivity contribution in [3.63, 3.8) is 0 Å². The van der Waals surface area contributed by atoms with Gasteiger partial charge in [0, 0.05) is 50.7 Å². The molecule has 3 atom stereocenters. The van der Waals surface area contributed by atoms with Gasteiger partial charge < -0.3 is 13.6 Å². The molecule has 0 aromatic carbocycles. The van der Waals surface area contributed by atoms with Gasteiger partial charge in [0.05, 0.1) is 15.7 Å². The van der Waals surface area contributed by atoms with Crippen LogP contribution in [0, 0.1) is 0 Å². The fraction of sp³-hybridized carbons (Fsp3) is 0.667. The van der Waals surface area contributed by atoms with Gasteiger partial charge in [-0.25, -0.2) is 0 Å². The first-order chi connectivity index (χ1) is 14.0. The van der Waals surface area contributed by atoms with E-state index in [-0.39, 0.29) is 15.7 Å². The lowest BCUT2D eigenvalue weighted by Crippen LogP contribution is -2.12. The highest BCUT2D eigenvalue weighted by molar-refractivity contribution is 8.06. The van der Waals surface area contributed by atoms with Gasteiger partial charge in [-0.15, -0.1) is 70.6 Å². The zero-order valence-corrected chi connectivity index (χ0v) is 22.5. The Balaban J connectivity index is 1.85. The van der Waals surface area contributed by atoms with E-state index in [1.807, 2.05) is 16.2 Å². The molecule has 11 heteroatoms. The molecule has 0 saturated heterocycles. The first kappa shape index (κ1) is 24.6. The molecule has 0 amide bonds. The predicted molar refractivity (Wildman–Crippen MR) is 138 cm³/mol. The van der Waals surface area contributed by atoms with Gasteiger partial charge in [0.25, 0.3) is 0 Å². The lowest BCUT2D eigenvalue weighted by atomic mass is 10.4. The van der Waals surface area contributed by atoms with Crippen molar-refractivity contribution in [2.75, 3.05) is 34.5 Å². The minimum Gasteiger partial charge on any atom is -0.389 e. The largest absolute Gasteiger partial charge is 0.646 e. The fourth-order valence-electron chi connectivity index (χ4n) is 2.51. The van der Waals surface area contributed by atoms with E-state index < -0.39 is 7.82 Å². The van der Waals surface area contributed by atoms with Crippen molar-refractivity contribution in [2.24, 2.45) is 0 Å². The summed E-state index contributed by atoms with van der Waals surface area (Å²) in [6.45, 7) is 6.22. The molecule has 164 valence electrons. The number of thioether (sulfide) groups is 6. The van der Waals surface area contributed by atoms with Crippen LogP contribution < -0.4 is 0 Å². The minimum atomic E-state index is -3.88. The monoisotopic (exact) mass is 530 g/mol. The summed E-state index contributed by atoms with van der Waals surface area (Å²) in [4.78, 5) is 0. The third kappa shape index (κ3) is 7.79. The molecule has 3 aliphatic rings. The van der Waals surface area contributed by atoms with Gasteiger partial charge in [0.1, 0.15) is 17.3 Å². The van der Waals surface area contributed by atoms with Crippen LogP contribution in [-0.4, -0.2) is 50.3 Å². The minimum absolute atomic E-state index is 0.110. The molecule has 0 aromatic rings. The third-order valence-corrected chi connectivity index (χ3v) is 12.3. The van der Waals surface area contributed by atoms with Gasteiger partial charge >= 0.3 is 7.82 Å². The van der Waals surface area contributed by atoms with E-state index in [4.69, 9.17) is 13.6 Å². The van der Waals surface area contributed by atoms with Gasteiger partial charge in [-0.3, -0.25) is 0 Å². The summed E-state index contributed by atoms with van der Waals surface area (Å²) >= 11 is 10.4. The molecule has 0 fully saturated rings. The number of hydrogen-bond acceptors (Lipinski definition) is 10. The average Bonchev–Trinajstić information content (AvgIpc) is 3.10. The van der Waals surface area contributed by atoms with Crippen LogP contribution in [0.5, 0.6) is 0 Å². The summed E-state index contributed by atoms with van der Waals surface area (Å²) in [7, 11) is -3.88. The lowest BCUT2D eigenvalue weighted by Gasteiger charge is -2.26. The van der Waals surface area contributed by atoms with E-state index in [0.29, 0.717) is 17.3 Å². The van der Waals surface area contributed by atoms with Crippen LogP contribution in [-0.2, 0) is 18.1 Å². The molecule has 3 aliphatic heterocycles. The summed E-state index contributed by atoms with van der Waals surface area (Å²) in [5.74, 6) is 8.15. The summed E-state index contributed by atoms with van der Waals surface area (Å²) in [5, 5.41) is 6.23. The maximum atomic E-state index is 13.9. The van der Waals surface area contributed by atoms with Gasteiger partial charge in [-0.05, 0) is 20.8 Å². The smallest absolute Gasteiger partial charge is 0.389 e. The summed E-state index contributed by atoms with van der Waals surface area (Å²) in [6.07, 6.45) is 0. The molecule has 0 aliphatic carbocycles. The average molecular weight is 531 g/mol. The maximum Gasteiger partial charge on any atom is 0.646 e. The molecule has 0 aromatic heterocycles. The zero-order chi connectivity index (χ0) is 20.7. The normalized spacial score (nSPS) is 31.0. The van der Waals surface area contributed by atoms with Crippen LogP contribution in [0.1, 0.15) is 20.8 Å². The van der Waals surface area contributed by atoms with Crippen molar-refractivity contribution in [3.05, 3.63) is 33.5 Å². The van der Waals surface area contributed by atoms with E-state index in [9.17, 15) is 4.57 Å². The van der Waals surface area contributed by atoms with E-state index in [2.05, 4.69) is 20.8 Å². The molecule has 0 radical (unpaired) electrons. The van der Waals surface area contributed by atoms with Crippen molar-refractivity contribution >= 4 is 78.4 Å². The second kappa shape index (κ2) is 12.3. The highest BCUT2D eigenvalue weighted by Crippen LogP contribution is 2.58. The highest BCUT2D eigenvalue weighted by Gasteiger charge is 2.39. The van der Waals surface area contributed by atoms with E-state index >= 15 is 0 Å². The van der Waals surface area contributed by atoms with Crippen molar-refractivity contribution < 1.29 is 18.1 Å². The molecular formula is C18H27O4PS6. The topological polar surface area (TPSA) is 44.8 Å². The summed E-state index contributed by atoms with van der Waals surface area (Å²) < 4.78 is 32.1. The van der Waals surface area contributed by atoms with Crippen LogP contribution in [0.3, 0.4) is 0 Å².